The van der Waals surface area contributed by atoms with E-state index >= 15 is 0 Å². The molecule has 0 amide bonds. The maximum atomic E-state index is 10.5. The lowest BCUT2D eigenvalue weighted by atomic mass is 9.99. The van der Waals surface area contributed by atoms with Gasteiger partial charge in [0.05, 0.1) is 50.0 Å². The fourth-order valence-electron chi connectivity index (χ4n) is 7.68. The SMILES string of the molecule is N#Cc1cc(-c2ccc(-n3c4ccccc4c4c5oc6ccccc6c5ccc43)c(C#N)c2)ccc1-n1c2ccccc2c2ccccc21. The van der Waals surface area contributed by atoms with E-state index in [-0.39, 0.29) is 0 Å². The number of hydrogen-bond donors (Lipinski definition) is 0. The Morgan fingerprint density at radius 3 is 1.51 bits per heavy atom. The first kappa shape index (κ1) is 27.1. The van der Waals surface area contributed by atoms with E-state index in [0.717, 1.165) is 88.1 Å². The lowest BCUT2D eigenvalue weighted by Gasteiger charge is -2.14. The lowest BCUT2D eigenvalue weighted by Crippen LogP contribution is -1.99. The van der Waals surface area contributed by atoms with Gasteiger partial charge in [-0.3, -0.25) is 0 Å². The van der Waals surface area contributed by atoms with E-state index in [1.807, 2.05) is 91.0 Å². The molecule has 0 unspecified atom stereocenters. The van der Waals surface area contributed by atoms with Gasteiger partial charge in [0.15, 0.2) is 0 Å². The summed E-state index contributed by atoms with van der Waals surface area (Å²) in [7, 11) is 0. The van der Waals surface area contributed by atoms with Crippen molar-refractivity contribution in [1.29, 1.82) is 10.5 Å². The highest BCUT2D eigenvalue weighted by Crippen LogP contribution is 2.41. The highest BCUT2D eigenvalue weighted by Gasteiger charge is 2.21. The van der Waals surface area contributed by atoms with Crippen molar-refractivity contribution in [3.05, 3.63) is 157 Å². The zero-order valence-corrected chi connectivity index (χ0v) is 26.1. The molecule has 10 aromatic rings. The van der Waals surface area contributed by atoms with Gasteiger partial charge in [-0.25, -0.2) is 0 Å². The van der Waals surface area contributed by atoms with Gasteiger partial charge in [-0.15, -0.1) is 0 Å². The van der Waals surface area contributed by atoms with Gasteiger partial charge in [-0.2, -0.15) is 10.5 Å². The Morgan fingerprint density at radius 2 is 0.918 bits per heavy atom. The molecular formula is C44H24N4O. The summed E-state index contributed by atoms with van der Waals surface area (Å²) >= 11 is 0. The molecule has 0 saturated carbocycles. The molecule has 5 nitrogen and oxygen atoms in total. The fraction of sp³-hybridized carbons (Fsp3) is 0. The predicted octanol–water partition coefficient (Wildman–Crippen LogP) is 11.2. The zero-order valence-electron chi connectivity index (χ0n) is 26.1. The van der Waals surface area contributed by atoms with Gasteiger partial charge >= 0.3 is 0 Å². The number of hydrogen-bond acceptors (Lipinski definition) is 3. The summed E-state index contributed by atoms with van der Waals surface area (Å²) in [5.74, 6) is 0. The van der Waals surface area contributed by atoms with Crippen molar-refractivity contribution in [3.8, 4) is 34.6 Å². The Labute approximate surface area is 280 Å². The van der Waals surface area contributed by atoms with Crippen molar-refractivity contribution in [2.45, 2.75) is 0 Å². The van der Waals surface area contributed by atoms with E-state index in [9.17, 15) is 10.5 Å². The molecule has 0 bridgehead atoms. The number of rotatable bonds is 3. The van der Waals surface area contributed by atoms with Crippen molar-refractivity contribution >= 4 is 65.6 Å². The van der Waals surface area contributed by atoms with Gasteiger partial charge in [-0.1, -0.05) is 84.9 Å². The lowest BCUT2D eigenvalue weighted by molar-refractivity contribution is 0.673. The molecule has 0 spiro atoms. The number of nitriles is 2. The standard InChI is InChI=1S/C44H24N4O/c45-25-29-23-27(17-20-36(29)47-38-13-5-1-9-31(38)32-10-2-6-14-39(32)47)28-18-21-37(30(24-28)26-46)48-40-15-7-3-12-35(40)43-41(48)22-19-34-33-11-4-8-16-42(33)49-44(34)43/h1-24H. The van der Waals surface area contributed by atoms with Gasteiger partial charge in [0.2, 0.25) is 0 Å². The zero-order chi connectivity index (χ0) is 32.6. The second-order valence-corrected chi connectivity index (χ2v) is 12.3. The van der Waals surface area contributed by atoms with Crippen molar-refractivity contribution in [1.82, 2.24) is 9.13 Å². The van der Waals surface area contributed by atoms with Crippen molar-refractivity contribution in [3.63, 3.8) is 0 Å². The summed E-state index contributed by atoms with van der Waals surface area (Å²) in [5.41, 5.74) is 10.2. The Balaban J connectivity index is 1.14. The third-order valence-electron chi connectivity index (χ3n) is 9.81. The molecule has 0 saturated heterocycles. The van der Waals surface area contributed by atoms with E-state index < -0.39 is 0 Å². The molecule has 0 atom stereocenters. The van der Waals surface area contributed by atoms with Crippen LogP contribution in [0.1, 0.15) is 11.1 Å². The molecule has 226 valence electrons. The van der Waals surface area contributed by atoms with Crippen LogP contribution in [0.15, 0.2) is 150 Å². The van der Waals surface area contributed by atoms with Crippen molar-refractivity contribution in [2.75, 3.05) is 0 Å². The van der Waals surface area contributed by atoms with E-state index in [1.165, 1.54) is 0 Å². The fourth-order valence-corrected chi connectivity index (χ4v) is 7.68. The van der Waals surface area contributed by atoms with Crippen LogP contribution < -0.4 is 0 Å². The Hall–Kier alpha value is -7.08. The maximum absolute atomic E-state index is 10.5. The van der Waals surface area contributed by atoms with Gasteiger partial charge in [0.1, 0.15) is 23.3 Å². The van der Waals surface area contributed by atoms with Crippen LogP contribution in [-0.2, 0) is 0 Å². The van der Waals surface area contributed by atoms with Crippen molar-refractivity contribution < 1.29 is 4.42 Å². The van der Waals surface area contributed by atoms with E-state index in [2.05, 4.69) is 75.9 Å². The molecule has 3 aromatic heterocycles. The van der Waals surface area contributed by atoms with E-state index in [4.69, 9.17) is 4.42 Å². The third kappa shape index (κ3) is 3.79. The van der Waals surface area contributed by atoms with Crippen molar-refractivity contribution in [2.24, 2.45) is 0 Å². The minimum absolute atomic E-state index is 0.537. The molecule has 0 radical (unpaired) electrons. The van der Waals surface area contributed by atoms with Crippen LogP contribution in [0, 0.1) is 22.7 Å². The molecule has 0 aliphatic rings. The molecule has 5 heteroatoms. The maximum Gasteiger partial charge on any atom is 0.145 e. The topological polar surface area (TPSA) is 70.6 Å². The molecule has 7 aromatic carbocycles. The smallest absolute Gasteiger partial charge is 0.145 e. The minimum Gasteiger partial charge on any atom is -0.455 e. The average Bonchev–Trinajstić information content (AvgIpc) is 3.82. The minimum atomic E-state index is 0.537. The Morgan fingerprint density at radius 1 is 0.429 bits per heavy atom. The highest BCUT2D eigenvalue weighted by atomic mass is 16.3. The van der Waals surface area contributed by atoms with Crippen LogP contribution in [0.25, 0.3) is 88.1 Å². The summed E-state index contributed by atoms with van der Waals surface area (Å²) < 4.78 is 10.8. The Kier molecular flexibility index (Phi) is 5.64. The van der Waals surface area contributed by atoms with Gasteiger partial charge < -0.3 is 13.6 Å². The number of para-hydroxylation sites is 4. The average molecular weight is 625 g/mol. The molecule has 0 fully saturated rings. The first-order chi connectivity index (χ1) is 24.2. The summed E-state index contributed by atoms with van der Waals surface area (Å²) in [6.45, 7) is 0. The van der Waals surface area contributed by atoms with Crippen LogP contribution in [0.5, 0.6) is 0 Å². The van der Waals surface area contributed by atoms with E-state index in [0.29, 0.717) is 11.1 Å². The molecule has 0 aliphatic heterocycles. The second-order valence-electron chi connectivity index (χ2n) is 12.3. The molecule has 3 heterocycles. The summed E-state index contributed by atoms with van der Waals surface area (Å²) in [5, 5.41) is 27.5. The summed E-state index contributed by atoms with van der Waals surface area (Å²) in [6, 6.07) is 54.0. The summed E-state index contributed by atoms with van der Waals surface area (Å²) in [4.78, 5) is 0. The molecular weight excluding hydrogens is 601 g/mol. The largest absolute Gasteiger partial charge is 0.455 e. The van der Waals surface area contributed by atoms with Crippen LogP contribution in [0.2, 0.25) is 0 Å². The number of benzene rings is 7. The number of fused-ring (bicyclic) bond motifs is 10. The monoisotopic (exact) mass is 624 g/mol. The van der Waals surface area contributed by atoms with Gasteiger partial charge in [0, 0.05) is 26.9 Å². The molecule has 49 heavy (non-hydrogen) atoms. The molecule has 0 aliphatic carbocycles. The normalized spacial score (nSPS) is 11.6. The van der Waals surface area contributed by atoms with Crippen LogP contribution >= 0.6 is 0 Å². The summed E-state index contributed by atoms with van der Waals surface area (Å²) in [6.07, 6.45) is 0. The highest BCUT2D eigenvalue weighted by molar-refractivity contribution is 6.24. The van der Waals surface area contributed by atoms with Crippen LogP contribution in [0.3, 0.4) is 0 Å². The second kappa shape index (κ2) is 10.2. The third-order valence-corrected chi connectivity index (χ3v) is 9.81. The molecule has 10 rings (SSSR count). The van der Waals surface area contributed by atoms with E-state index in [1.54, 1.807) is 0 Å². The quantitative estimate of drug-likeness (QED) is 0.196. The van der Waals surface area contributed by atoms with Gasteiger partial charge in [-0.05, 0) is 71.8 Å². The van der Waals surface area contributed by atoms with Gasteiger partial charge in [0.25, 0.3) is 0 Å². The molecule has 0 N–H and O–H groups in total. The predicted molar refractivity (Wildman–Crippen MR) is 197 cm³/mol. The van der Waals surface area contributed by atoms with Crippen LogP contribution in [-0.4, -0.2) is 9.13 Å². The first-order valence-electron chi connectivity index (χ1n) is 16.1. The Bertz CT molecular complexity index is 3030. The number of furan rings is 1. The van der Waals surface area contributed by atoms with Crippen LogP contribution in [0.4, 0.5) is 0 Å². The number of nitrogens with zero attached hydrogens (tertiary/aromatic N) is 4. The number of aromatic nitrogens is 2. The first-order valence-corrected chi connectivity index (χ1v) is 16.1.